The van der Waals surface area contributed by atoms with Crippen molar-refractivity contribution >= 4 is 10.9 Å². The largest absolute Gasteiger partial charge is 0.347 e. The van der Waals surface area contributed by atoms with E-state index in [0.717, 1.165) is 32.5 Å². The Balaban J connectivity index is 2.06. The van der Waals surface area contributed by atoms with Crippen LogP contribution in [0.5, 0.6) is 0 Å². The minimum atomic E-state index is 1.02. The Morgan fingerprint density at radius 1 is 1.25 bits per heavy atom. The lowest BCUT2D eigenvalue weighted by atomic mass is 10.1. The molecular weight excluding hydrogens is 244 g/mol. The summed E-state index contributed by atoms with van der Waals surface area (Å²) in [5, 5.41) is 4.88. The Bertz CT molecular complexity index is 539. The summed E-state index contributed by atoms with van der Waals surface area (Å²) < 4.78 is 2.37. The second-order valence-corrected chi connectivity index (χ2v) is 5.30. The second kappa shape index (κ2) is 7.91. The Hall–Kier alpha value is -1.54. The van der Waals surface area contributed by atoms with Crippen molar-refractivity contribution in [3.8, 4) is 0 Å². The molecule has 1 heterocycles. The lowest BCUT2D eigenvalue weighted by molar-refractivity contribution is 0.639. The van der Waals surface area contributed by atoms with Gasteiger partial charge < -0.3 is 9.88 Å². The Morgan fingerprint density at radius 2 is 2.10 bits per heavy atom. The van der Waals surface area contributed by atoms with Crippen LogP contribution >= 0.6 is 0 Å². The number of benzene rings is 1. The molecule has 0 aliphatic carbocycles. The van der Waals surface area contributed by atoms with E-state index in [1.54, 1.807) is 0 Å². The average molecular weight is 270 g/mol. The lowest BCUT2D eigenvalue weighted by Crippen LogP contribution is -2.16. The molecule has 2 nitrogen and oxygen atoms in total. The molecule has 0 spiro atoms. The van der Waals surface area contributed by atoms with Crippen LogP contribution in [0.15, 0.2) is 43.1 Å². The van der Waals surface area contributed by atoms with E-state index in [9.17, 15) is 0 Å². The van der Waals surface area contributed by atoms with Crippen molar-refractivity contribution in [3.63, 3.8) is 0 Å². The highest BCUT2D eigenvalue weighted by atomic mass is 15.0. The summed E-state index contributed by atoms with van der Waals surface area (Å²) in [5.74, 6) is 0. The normalized spacial score (nSPS) is 11.1. The molecule has 20 heavy (non-hydrogen) atoms. The average Bonchev–Trinajstić information content (AvgIpc) is 2.83. The van der Waals surface area contributed by atoms with Crippen molar-refractivity contribution in [1.29, 1.82) is 0 Å². The third-order valence-electron chi connectivity index (χ3n) is 3.67. The van der Waals surface area contributed by atoms with Crippen LogP contribution in [-0.2, 0) is 13.0 Å². The van der Waals surface area contributed by atoms with Gasteiger partial charge in [0, 0.05) is 23.6 Å². The van der Waals surface area contributed by atoms with Gasteiger partial charge in [0.05, 0.1) is 0 Å². The van der Waals surface area contributed by atoms with Gasteiger partial charge in [0.15, 0.2) is 0 Å². The molecule has 108 valence electrons. The molecule has 0 aliphatic heterocycles. The van der Waals surface area contributed by atoms with E-state index in [2.05, 4.69) is 53.8 Å². The number of aryl methyl sites for hydroxylation is 2. The fraction of sp³-hybridized carbons (Fsp3) is 0.444. The molecule has 1 aromatic carbocycles. The summed E-state index contributed by atoms with van der Waals surface area (Å²) in [4.78, 5) is 0. The van der Waals surface area contributed by atoms with Crippen LogP contribution in [0.25, 0.3) is 10.9 Å². The van der Waals surface area contributed by atoms with Gasteiger partial charge in [0.2, 0.25) is 0 Å². The number of allylic oxidation sites excluding steroid dienone is 1. The highest BCUT2D eigenvalue weighted by Gasteiger charge is 2.07. The van der Waals surface area contributed by atoms with Gasteiger partial charge >= 0.3 is 0 Å². The van der Waals surface area contributed by atoms with E-state index >= 15 is 0 Å². The molecule has 2 heteroatoms. The van der Waals surface area contributed by atoms with Crippen LogP contribution in [0.1, 0.15) is 31.7 Å². The summed E-state index contributed by atoms with van der Waals surface area (Å²) in [6.45, 7) is 9.29. The van der Waals surface area contributed by atoms with Crippen molar-refractivity contribution in [3.05, 3.63) is 48.7 Å². The Kier molecular flexibility index (Phi) is 5.87. The van der Waals surface area contributed by atoms with Gasteiger partial charge in [-0.2, -0.15) is 0 Å². The predicted octanol–water partition coefficient (Wildman–Crippen LogP) is 4.15. The van der Waals surface area contributed by atoms with Gasteiger partial charge in [-0.1, -0.05) is 31.2 Å². The van der Waals surface area contributed by atoms with Crippen LogP contribution in [-0.4, -0.2) is 17.7 Å². The number of rotatable bonds is 9. The third-order valence-corrected chi connectivity index (χ3v) is 3.67. The maximum Gasteiger partial charge on any atom is 0.0483 e. The summed E-state index contributed by atoms with van der Waals surface area (Å²) in [6, 6.07) is 8.73. The van der Waals surface area contributed by atoms with Gasteiger partial charge in [-0.3, -0.25) is 0 Å². The molecule has 0 unspecified atom stereocenters. The minimum absolute atomic E-state index is 1.02. The molecule has 2 aromatic rings. The fourth-order valence-corrected chi connectivity index (χ4v) is 2.64. The van der Waals surface area contributed by atoms with Crippen molar-refractivity contribution in [2.75, 3.05) is 13.1 Å². The number of para-hydroxylation sites is 1. The van der Waals surface area contributed by atoms with Crippen molar-refractivity contribution in [1.82, 2.24) is 9.88 Å². The van der Waals surface area contributed by atoms with E-state index < -0.39 is 0 Å². The maximum absolute atomic E-state index is 3.82. The molecule has 0 atom stereocenters. The first-order valence-electron chi connectivity index (χ1n) is 7.75. The first kappa shape index (κ1) is 14.9. The molecule has 2 rings (SSSR count). The second-order valence-electron chi connectivity index (χ2n) is 5.30. The number of hydrogen-bond donors (Lipinski definition) is 1. The molecule has 0 amide bonds. The number of hydrogen-bond acceptors (Lipinski definition) is 1. The van der Waals surface area contributed by atoms with Gasteiger partial charge in [-0.05, 0) is 50.4 Å². The van der Waals surface area contributed by atoms with E-state index in [0.29, 0.717) is 0 Å². The van der Waals surface area contributed by atoms with E-state index in [1.807, 2.05) is 6.08 Å². The highest BCUT2D eigenvalue weighted by molar-refractivity contribution is 5.83. The predicted molar refractivity (Wildman–Crippen MR) is 88.2 cm³/mol. The Morgan fingerprint density at radius 3 is 2.90 bits per heavy atom. The summed E-state index contributed by atoms with van der Waals surface area (Å²) in [5.41, 5.74) is 2.83. The maximum atomic E-state index is 3.82. The zero-order valence-electron chi connectivity index (χ0n) is 12.6. The van der Waals surface area contributed by atoms with E-state index in [1.165, 1.54) is 29.3 Å². The zero-order valence-corrected chi connectivity index (χ0v) is 12.6. The van der Waals surface area contributed by atoms with Gasteiger partial charge in [-0.15, -0.1) is 6.58 Å². The SMILES string of the molecule is C=CCCn1cc(CCCNCCC)c2ccccc21. The van der Waals surface area contributed by atoms with Crippen molar-refractivity contribution < 1.29 is 0 Å². The molecule has 0 fully saturated rings. The number of nitrogens with zero attached hydrogens (tertiary/aromatic N) is 1. The van der Waals surface area contributed by atoms with E-state index in [-0.39, 0.29) is 0 Å². The van der Waals surface area contributed by atoms with Crippen LogP contribution in [0.2, 0.25) is 0 Å². The quantitative estimate of drug-likeness (QED) is 0.535. The summed E-state index contributed by atoms with van der Waals surface area (Å²) >= 11 is 0. The number of nitrogens with one attached hydrogen (secondary N) is 1. The molecule has 0 saturated carbocycles. The van der Waals surface area contributed by atoms with Crippen molar-refractivity contribution in [2.45, 2.75) is 39.2 Å². The van der Waals surface area contributed by atoms with Gasteiger partial charge in [0.25, 0.3) is 0 Å². The lowest BCUT2D eigenvalue weighted by Gasteiger charge is -2.02. The molecule has 0 aliphatic rings. The third kappa shape index (κ3) is 3.73. The van der Waals surface area contributed by atoms with Crippen LogP contribution < -0.4 is 5.32 Å². The molecule has 1 N–H and O–H groups in total. The highest BCUT2D eigenvalue weighted by Crippen LogP contribution is 2.22. The molecule has 1 aromatic heterocycles. The summed E-state index contributed by atoms with van der Waals surface area (Å²) in [7, 11) is 0. The first-order chi connectivity index (χ1) is 9.86. The first-order valence-corrected chi connectivity index (χ1v) is 7.75. The topological polar surface area (TPSA) is 17.0 Å². The standard InChI is InChI=1S/C18H26N2/c1-3-5-14-20-15-16(9-8-13-19-12-4-2)17-10-6-7-11-18(17)20/h3,6-7,10-11,15,19H,1,4-5,8-9,12-14H2,2H3. The van der Waals surface area contributed by atoms with E-state index in [4.69, 9.17) is 0 Å². The van der Waals surface area contributed by atoms with Gasteiger partial charge in [-0.25, -0.2) is 0 Å². The number of fused-ring (bicyclic) bond motifs is 1. The fourth-order valence-electron chi connectivity index (χ4n) is 2.64. The smallest absolute Gasteiger partial charge is 0.0483 e. The minimum Gasteiger partial charge on any atom is -0.347 e. The van der Waals surface area contributed by atoms with Crippen LogP contribution in [0.4, 0.5) is 0 Å². The zero-order chi connectivity index (χ0) is 14.2. The summed E-state index contributed by atoms with van der Waals surface area (Å²) in [6.07, 6.45) is 8.90. The van der Waals surface area contributed by atoms with Crippen LogP contribution in [0, 0.1) is 0 Å². The van der Waals surface area contributed by atoms with Crippen molar-refractivity contribution in [2.24, 2.45) is 0 Å². The molecule has 0 saturated heterocycles. The monoisotopic (exact) mass is 270 g/mol. The van der Waals surface area contributed by atoms with Crippen LogP contribution in [0.3, 0.4) is 0 Å². The number of aromatic nitrogens is 1. The molecule has 0 radical (unpaired) electrons. The van der Waals surface area contributed by atoms with Gasteiger partial charge in [0.1, 0.15) is 0 Å². The Labute approximate surface area is 122 Å². The molecule has 0 bridgehead atoms. The molecular formula is C18H26N2.